The number of sulfonamides is 1. The summed E-state index contributed by atoms with van der Waals surface area (Å²) >= 11 is 0. The molecule has 0 aliphatic carbocycles. The van der Waals surface area contributed by atoms with Crippen LogP contribution in [0.4, 0.5) is 9.18 Å². The number of rotatable bonds is 12. The highest BCUT2D eigenvalue weighted by atomic mass is 32.2. The van der Waals surface area contributed by atoms with Gasteiger partial charge in [-0.3, -0.25) is 10.1 Å². The summed E-state index contributed by atoms with van der Waals surface area (Å²) in [6.07, 6.45) is 1.57. The van der Waals surface area contributed by atoms with Crippen molar-refractivity contribution in [2.75, 3.05) is 18.8 Å². The van der Waals surface area contributed by atoms with E-state index in [2.05, 4.69) is 30.7 Å². The normalized spacial score (nSPS) is 15.1. The number of hydrogen-bond acceptors (Lipinski definition) is 8. The molecule has 1 aliphatic heterocycles. The quantitative estimate of drug-likeness (QED) is 0.301. The second kappa shape index (κ2) is 10.5. The summed E-state index contributed by atoms with van der Waals surface area (Å²) in [5, 5.41) is 15.3. The minimum absolute atomic E-state index is 0.0364. The Morgan fingerprint density at radius 2 is 2.09 bits per heavy atom. The van der Waals surface area contributed by atoms with Gasteiger partial charge in [0.15, 0.2) is 18.2 Å². The van der Waals surface area contributed by atoms with Gasteiger partial charge in [0.1, 0.15) is 6.54 Å². The van der Waals surface area contributed by atoms with Gasteiger partial charge in [-0.1, -0.05) is 17.7 Å². The second-order valence-electron chi connectivity index (χ2n) is 7.30. The molecule has 1 aromatic carbocycles. The maximum atomic E-state index is 14.0. The van der Waals surface area contributed by atoms with Crippen LogP contribution in [0.5, 0.6) is 5.75 Å². The molecule has 32 heavy (non-hydrogen) atoms. The van der Waals surface area contributed by atoms with Crippen LogP contribution in [0, 0.1) is 5.82 Å². The van der Waals surface area contributed by atoms with Crippen LogP contribution >= 0.6 is 0 Å². The summed E-state index contributed by atoms with van der Waals surface area (Å²) < 4.78 is 46.7. The molecule has 0 spiro atoms. The van der Waals surface area contributed by atoms with E-state index < -0.39 is 27.9 Å². The van der Waals surface area contributed by atoms with E-state index in [4.69, 9.17) is 4.74 Å². The number of urea groups is 1. The number of carbonyl (C=O) groups excluding carboxylic acids is 2. The summed E-state index contributed by atoms with van der Waals surface area (Å²) in [6.45, 7) is 1.99. The minimum atomic E-state index is -3.58. The van der Waals surface area contributed by atoms with Crippen molar-refractivity contribution in [3.05, 3.63) is 35.4 Å². The number of halogens is 1. The van der Waals surface area contributed by atoms with Crippen LogP contribution in [0.15, 0.2) is 18.2 Å². The third-order valence-corrected chi connectivity index (χ3v) is 6.31. The molecular formula is C18H24FN7O5S. The second-order valence-corrected chi connectivity index (χ2v) is 9.17. The predicted octanol–water partition coefficient (Wildman–Crippen LogP) is 0.620. The lowest BCUT2D eigenvalue weighted by atomic mass is 10.1. The van der Waals surface area contributed by atoms with Crippen molar-refractivity contribution in [1.29, 1.82) is 0 Å². The van der Waals surface area contributed by atoms with Gasteiger partial charge in [-0.05, 0) is 37.5 Å². The van der Waals surface area contributed by atoms with E-state index in [9.17, 15) is 22.4 Å². The highest BCUT2D eigenvalue weighted by molar-refractivity contribution is 7.89. The first-order valence-electron chi connectivity index (χ1n) is 9.97. The summed E-state index contributed by atoms with van der Waals surface area (Å²) in [6, 6.07) is 3.08. The summed E-state index contributed by atoms with van der Waals surface area (Å²) in [7, 11) is -3.58. The number of amides is 3. The molecule has 1 fully saturated rings. The monoisotopic (exact) mass is 469 g/mol. The highest BCUT2D eigenvalue weighted by Gasteiger charge is 2.25. The lowest BCUT2D eigenvalue weighted by Gasteiger charge is -2.16. The number of tetrazole rings is 1. The van der Waals surface area contributed by atoms with Gasteiger partial charge in [-0.2, -0.15) is 5.21 Å². The molecule has 3 N–H and O–H groups in total. The first-order chi connectivity index (χ1) is 15.2. The molecule has 3 amide bonds. The fourth-order valence-electron chi connectivity index (χ4n) is 3.12. The molecule has 1 aromatic heterocycles. The van der Waals surface area contributed by atoms with Crippen molar-refractivity contribution in [2.45, 2.75) is 38.8 Å². The predicted molar refractivity (Wildman–Crippen MR) is 109 cm³/mol. The van der Waals surface area contributed by atoms with Gasteiger partial charge in [0.2, 0.25) is 21.8 Å². The van der Waals surface area contributed by atoms with E-state index in [-0.39, 0.29) is 36.4 Å². The number of aromatic amines is 1. The van der Waals surface area contributed by atoms with Crippen molar-refractivity contribution < 1.29 is 27.1 Å². The van der Waals surface area contributed by atoms with Crippen molar-refractivity contribution in [2.24, 2.45) is 0 Å². The van der Waals surface area contributed by atoms with Gasteiger partial charge in [0, 0.05) is 12.6 Å². The van der Waals surface area contributed by atoms with Gasteiger partial charge >= 0.3 is 6.03 Å². The Hall–Kier alpha value is -3.13. The zero-order valence-corrected chi connectivity index (χ0v) is 18.2. The first kappa shape index (κ1) is 23.5. The van der Waals surface area contributed by atoms with Crippen LogP contribution in [-0.4, -0.2) is 64.7 Å². The topological polar surface area (TPSA) is 159 Å². The number of benzene rings is 1. The smallest absolute Gasteiger partial charge is 0.324 e. The third-order valence-electron chi connectivity index (χ3n) is 4.77. The van der Waals surface area contributed by atoms with Gasteiger partial charge in [0.05, 0.1) is 5.75 Å². The van der Waals surface area contributed by atoms with Crippen LogP contribution in [0.2, 0.25) is 0 Å². The molecule has 0 unspecified atom stereocenters. The van der Waals surface area contributed by atoms with E-state index in [1.54, 1.807) is 6.92 Å². The zero-order valence-electron chi connectivity index (χ0n) is 17.4. The van der Waals surface area contributed by atoms with Crippen LogP contribution in [-0.2, 0) is 21.4 Å². The highest BCUT2D eigenvalue weighted by Crippen LogP contribution is 2.24. The molecule has 0 saturated carbocycles. The van der Waals surface area contributed by atoms with Crippen molar-refractivity contribution in [1.82, 2.24) is 35.6 Å². The molecule has 1 aliphatic rings. The fourth-order valence-corrected chi connectivity index (χ4v) is 4.49. The molecule has 1 saturated heterocycles. The Kier molecular flexibility index (Phi) is 7.69. The number of unbranched alkanes of at least 4 members (excludes halogenated alkanes) is 2. The Morgan fingerprint density at radius 1 is 1.28 bits per heavy atom. The minimum Gasteiger partial charge on any atom is -0.482 e. The van der Waals surface area contributed by atoms with E-state index in [0.29, 0.717) is 31.4 Å². The van der Waals surface area contributed by atoms with Gasteiger partial charge in [-0.25, -0.2) is 22.3 Å². The lowest BCUT2D eigenvalue weighted by molar-refractivity contribution is -0.118. The molecule has 2 heterocycles. The zero-order chi connectivity index (χ0) is 23.1. The van der Waals surface area contributed by atoms with Gasteiger partial charge in [0.25, 0.3) is 0 Å². The number of ether oxygens (including phenoxy) is 1. The van der Waals surface area contributed by atoms with Crippen LogP contribution in [0.1, 0.15) is 43.6 Å². The van der Waals surface area contributed by atoms with E-state index >= 15 is 0 Å². The van der Waals surface area contributed by atoms with Crippen molar-refractivity contribution in [3.8, 4) is 5.75 Å². The van der Waals surface area contributed by atoms with E-state index in [0.717, 1.165) is 0 Å². The SMILES string of the molecule is C[C@@H](NS(=O)(=O)CCCCCN1CC(=O)NC1=O)c1ccc(F)c(OCc2nn[nH]n2)c1. The summed E-state index contributed by atoms with van der Waals surface area (Å²) in [5.74, 6) is -0.825. The van der Waals surface area contributed by atoms with Crippen molar-refractivity contribution in [3.63, 3.8) is 0 Å². The lowest BCUT2D eigenvalue weighted by Crippen LogP contribution is -2.30. The number of aromatic nitrogens is 4. The molecule has 1 atom stereocenters. The molecule has 3 rings (SSSR count). The van der Waals surface area contributed by atoms with Crippen molar-refractivity contribution >= 4 is 22.0 Å². The Bertz CT molecular complexity index is 1050. The maximum Gasteiger partial charge on any atom is 0.324 e. The number of hydrogen-bond donors (Lipinski definition) is 3. The van der Waals surface area contributed by atoms with Crippen LogP contribution in [0.25, 0.3) is 0 Å². The summed E-state index contributed by atoms with van der Waals surface area (Å²) in [5.41, 5.74) is 0.530. The molecule has 0 radical (unpaired) electrons. The Balaban J connectivity index is 1.45. The average molecular weight is 469 g/mol. The van der Waals surface area contributed by atoms with Gasteiger partial charge in [-0.15, -0.1) is 10.2 Å². The molecule has 14 heteroatoms. The molecule has 12 nitrogen and oxygen atoms in total. The fraction of sp³-hybridized carbons (Fsp3) is 0.500. The number of imide groups is 1. The molecule has 0 bridgehead atoms. The van der Waals surface area contributed by atoms with Crippen LogP contribution in [0.3, 0.4) is 0 Å². The number of carbonyl (C=O) groups is 2. The van der Waals surface area contributed by atoms with E-state index in [1.807, 2.05) is 0 Å². The number of nitrogens with one attached hydrogen (secondary N) is 3. The Morgan fingerprint density at radius 3 is 2.78 bits per heavy atom. The number of nitrogens with zero attached hydrogens (tertiary/aromatic N) is 4. The maximum absolute atomic E-state index is 14.0. The van der Waals surface area contributed by atoms with E-state index in [1.165, 1.54) is 23.1 Å². The number of H-pyrrole nitrogens is 1. The average Bonchev–Trinajstić information content (AvgIpc) is 3.35. The third kappa shape index (κ3) is 6.68. The van der Waals surface area contributed by atoms with Crippen LogP contribution < -0.4 is 14.8 Å². The molecule has 2 aromatic rings. The molecule has 174 valence electrons. The standard InChI is InChI=1S/C18H24FN7O5S/c1-12(13-5-6-14(19)15(9-13)31-11-16-21-24-25-22-16)23-32(29,30)8-4-2-3-7-26-10-17(27)20-18(26)28/h5-6,9,12,23H,2-4,7-8,10-11H2,1H3,(H,20,27,28)(H,21,22,24,25)/t12-/m1/s1. The first-order valence-corrected chi connectivity index (χ1v) is 11.6. The Labute approximate surface area is 183 Å². The largest absolute Gasteiger partial charge is 0.482 e. The summed E-state index contributed by atoms with van der Waals surface area (Å²) in [4.78, 5) is 24.0. The molecular weight excluding hydrogens is 445 g/mol. The van der Waals surface area contributed by atoms with Gasteiger partial charge < -0.3 is 9.64 Å².